The molecule has 0 aliphatic carbocycles. The standard InChI is InChI=1S/C14H20BrNOS/c1-9(14(2,3)4)8-16-13(17)11-7-10(18)5-6-12(11)15/h5-7,9,18H,8H2,1-4H3,(H,16,17). The summed E-state index contributed by atoms with van der Waals surface area (Å²) in [6, 6.07) is 5.45. The molecule has 0 saturated carbocycles. The highest BCUT2D eigenvalue weighted by molar-refractivity contribution is 9.10. The molecule has 0 aliphatic rings. The summed E-state index contributed by atoms with van der Waals surface area (Å²) in [5.74, 6) is 0.355. The monoisotopic (exact) mass is 329 g/mol. The number of thiol groups is 1. The van der Waals surface area contributed by atoms with E-state index in [-0.39, 0.29) is 11.3 Å². The Labute approximate surface area is 123 Å². The van der Waals surface area contributed by atoms with Gasteiger partial charge in [0.2, 0.25) is 0 Å². The number of benzene rings is 1. The molecular formula is C14H20BrNOS. The third-order valence-electron chi connectivity index (χ3n) is 3.24. The predicted molar refractivity (Wildman–Crippen MR) is 82.3 cm³/mol. The molecule has 1 N–H and O–H groups in total. The predicted octanol–water partition coefficient (Wildman–Crippen LogP) is 4.15. The molecule has 2 nitrogen and oxygen atoms in total. The molecule has 0 saturated heterocycles. The maximum absolute atomic E-state index is 12.1. The molecular weight excluding hydrogens is 310 g/mol. The number of rotatable bonds is 3. The average Bonchev–Trinajstić information content (AvgIpc) is 2.27. The van der Waals surface area contributed by atoms with Gasteiger partial charge in [-0.1, -0.05) is 27.7 Å². The third kappa shape index (κ3) is 4.32. The van der Waals surface area contributed by atoms with Crippen LogP contribution in [0.15, 0.2) is 27.6 Å². The van der Waals surface area contributed by atoms with Crippen molar-refractivity contribution < 1.29 is 4.79 Å². The van der Waals surface area contributed by atoms with Crippen molar-refractivity contribution in [2.75, 3.05) is 6.54 Å². The summed E-state index contributed by atoms with van der Waals surface area (Å²) < 4.78 is 0.793. The van der Waals surface area contributed by atoms with Crippen molar-refractivity contribution >= 4 is 34.5 Å². The van der Waals surface area contributed by atoms with E-state index in [1.54, 1.807) is 6.07 Å². The quantitative estimate of drug-likeness (QED) is 0.801. The fourth-order valence-electron chi connectivity index (χ4n) is 1.33. The molecule has 100 valence electrons. The van der Waals surface area contributed by atoms with Gasteiger partial charge >= 0.3 is 0 Å². The first kappa shape index (κ1) is 15.6. The molecule has 1 unspecified atom stereocenters. The van der Waals surface area contributed by atoms with E-state index in [9.17, 15) is 4.79 Å². The Morgan fingerprint density at radius 2 is 2.06 bits per heavy atom. The van der Waals surface area contributed by atoms with Crippen molar-refractivity contribution in [1.82, 2.24) is 5.32 Å². The first-order valence-corrected chi connectivity index (χ1v) is 7.22. The van der Waals surface area contributed by atoms with E-state index in [2.05, 4.69) is 61.6 Å². The number of halogens is 1. The van der Waals surface area contributed by atoms with Gasteiger partial charge in [0, 0.05) is 15.9 Å². The summed E-state index contributed by atoms with van der Waals surface area (Å²) in [5, 5.41) is 2.97. The van der Waals surface area contributed by atoms with E-state index in [0.717, 1.165) is 9.37 Å². The van der Waals surface area contributed by atoms with Crippen LogP contribution in [-0.4, -0.2) is 12.5 Å². The molecule has 0 bridgehead atoms. The smallest absolute Gasteiger partial charge is 0.252 e. The maximum atomic E-state index is 12.1. The molecule has 0 aromatic heterocycles. The zero-order valence-electron chi connectivity index (χ0n) is 11.2. The Bertz CT molecular complexity index is 440. The molecule has 0 heterocycles. The highest BCUT2D eigenvalue weighted by Gasteiger charge is 2.21. The second-order valence-corrected chi connectivity index (χ2v) is 7.01. The lowest BCUT2D eigenvalue weighted by Gasteiger charge is -2.27. The van der Waals surface area contributed by atoms with Gasteiger partial charge in [-0.05, 0) is 45.5 Å². The molecule has 0 spiro atoms. The summed E-state index contributed by atoms with van der Waals surface area (Å²) in [6.07, 6.45) is 0. The topological polar surface area (TPSA) is 29.1 Å². The minimum Gasteiger partial charge on any atom is -0.352 e. The summed E-state index contributed by atoms with van der Waals surface area (Å²) in [6.45, 7) is 9.34. The minimum absolute atomic E-state index is 0.0612. The van der Waals surface area contributed by atoms with Crippen molar-refractivity contribution in [3.05, 3.63) is 28.2 Å². The molecule has 0 radical (unpaired) electrons. The van der Waals surface area contributed by atoms with Gasteiger partial charge in [0.05, 0.1) is 5.56 Å². The molecule has 1 aromatic rings. The number of carbonyl (C=O) groups excluding carboxylic acids is 1. The summed E-state index contributed by atoms with van der Waals surface area (Å²) in [4.78, 5) is 12.9. The number of nitrogens with one attached hydrogen (secondary N) is 1. The second-order valence-electron chi connectivity index (χ2n) is 5.64. The van der Waals surface area contributed by atoms with Crippen molar-refractivity contribution in [1.29, 1.82) is 0 Å². The Morgan fingerprint density at radius 1 is 1.44 bits per heavy atom. The van der Waals surface area contributed by atoms with Crippen LogP contribution in [0, 0.1) is 11.3 Å². The average molecular weight is 330 g/mol. The van der Waals surface area contributed by atoms with Crippen molar-refractivity contribution in [2.24, 2.45) is 11.3 Å². The lowest BCUT2D eigenvalue weighted by Crippen LogP contribution is -2.33. The van der Waals surface area contributed by atoms with Crippen LogP contribution >= 0.6 is 28.6 Å². The Balaban J connectivity index is 2.69. The van der Waals surface area contributed by atoms with Crippen molar-refractivity contribution in [2.45, 2.75) is 32.6 Å². The van der Waals surface area contributed by atoms with E-state index in [0.29, 0.717) is 18.0 Å². The molecule has 1 atom stereocenters. The lowest BCUT2D eigenvalue weighted by molar-refractivity contribution is 0.0936. The van der Waals surface area contributed by atoms with E-state index >= 15 is 0 Å². The first-order chi connectivity index (χ1) is 8.21. The van der Waals surface area contributed by atoms with Gasteiger partial charge in [0.15, 0.2) is 0 Å². The van der Waals surface area contributed by atoms with Crippen LogP contribution in [0.4, 0.5) is 0 Å². The fraction of sp³-hybridized carbons (Fsp3) is 0.500. The van der Waals surface area contributed by atoms with Gasteiger partial charge in [-0.2, -0.15) is 0 Å². The van der Waals surface area contributed by atoms with Gasteiger partial charge in [0.1, 0.15) is 0 Å². The van der Waals surface area contributed by atoms with Crippen LogP contribution in [0.25, 0.3) is 0 Å². The van der Waals surface area contributed by atoms with Gasteiger partial charge in [0.25, 0.3) is 5.91 Å². The van der Waals surface area contributed by atoms with E-state index < -0.39 is 0 Å². The lowest BCUT2D eigenvalue weighted by atomic mass is 9.82. The first-order valence-electron chi connectivity index (χ1n) is 5.98. The zero-order chi connectivity index (χ0) is 13.9. The Hall–Kier alpha value is -0.480. The Kier molecular flexibility index (Phi) is 5.29. The largest absolute Gasteiger partial charge is 0.352 e. The number of hydrogen-bond acceptors (Lipinski definition) is 2. The van der Waals surface area contributed by atoms with Gasteiger partial charge in [-0.25, -0.2) is 0 Å². The van der Waals surface area contributed by atoms with Gasteiger partial charge in [-0.3, -0.25) is 4.79 Å². The summed E-state index contributed by atoms with van der Waals surface area (Å²) >= 11 is 7.63. The van der Waals surface area contributed by atoms with Crippen LogP contribution in [0.5, 0.6) is 0 Å². The van der Waals surface area contributed by atoms with Crippen LogP contribution < -0.4 is 5.32 Å². The highest BCUT2D eigenvalue weighted by atomic mass is 79.9. The van der Waals surface area contributed by atoms with E-state index in [1.807, 2.05) is 12.1 Å². The zero-order valence-corrected chi connectivity index (χ0v) is 13.7. The molecule has 4 heteroatoms. The SMILES string of the molecule is CC(CNC(=O)c1cc(S)ccc1Br)C(C)(C)C. The number of amides is 1. The number of carbonyl (C=O) groups is 1. The second kappa shape index (κ2) is 6.11. The van der Waals surface area contributed by atoms with Crippen molar-refractivity contribution in [3.8, 4) is 0 Å². The molecule has 1 amide bonds. The fourth-order valence-corrected chi connectivity index (χ4v) is 1.96. The van der Waals surface area contributed by atoms with Gasteiger partial charge < -0.3 is 5.32 Å². The van der Waals surface area contributed by atoms with Gasteiger partial charge in [-0.15, -0.1) is 12.6 Å². The van der Waals surface area contributed by atoms with Crippen molar-refractivity contribution in [3.63, 3.8) is 0 Å². The molecule has 1 rings (SSSR count). The summed E-state index contributed by atoms with van der Waals surface area (Å²) in [7, 11) is 0. The maximum Gasteiger partial charge on any atom is 0.252 e. The van der Waals surface area contributed by atoms with Crippen LogP contribution in [0.1, 0.15) is 38.1 Å². The van der Waals surface area contributed by atoms with Crippen LogP contribution in [0.2, 0.25) is 0 Å². The highest BCUT2D eigenvalue weighted by Crippen LogP contribution is 2.25. The summed E-state index contributed by atoms with van der Waals surface area (Å²) in [5.41, 5.74) is 0.819. The molecule has 0 aliphatic heterocycles. The molecule has 0 fully saturated rings. The van der Waals surface area contributed by atoms with E-state index in [1.165, 1.54) is 0 Å². The number of hydrogen-bond donors (Lipinski definition) is 2. The minimum atomic E-state index is -0.0612. The van der Waals surface area contributed by atoms with Crippen LogP contribution in [0.3, 0.4) is 0 Å². The third-order valence-corrected chi connectivity index (χ3v) is 4.21. The molecule has 1 aromatic carbocycles. The van der Waals surface area contributed by atoms with E-state index in [4.69, 9.17) is 0 Å². The Morgan fingerprint density at radius 3 is 2.61 bits per heavy atom. The van der Waals surface area contributed by atoms with Crippen LogP contribution in [-0.2, 0) is 0 Å². The molecule has 18 heavy (non-hydrogen) atoms. The normalized spacial score (nSPS) is 13.2.